The van der Waals surface area contributed by atoms with Crippen LogP contribution in [0, 0.1) is 0 Å². The van der Waals surface area contributed by atoms with Gasteiger partial charge in [-0.05, 0) is 13.0 Å². The van der Waals surface area contributed by atoms with Crippen LogP contribution in [-0.2, 0) is 4.74 Å². The minimum Gasteiger partial charge on any atom is -0.378 e. The standard InChI is InChI=1S/C13H20N4O/c1-11(2)17(14-3)12-4-5-15-13(10-12)16-6-8-18-9-7-16/h4-5,10,14H,1,6-9H2,2-3H3. The number of allylic oxidation sites excluding steroid dienone is 1. The summed E-state index contributed by atoms with van der Waals surface area (Å²) in [7, 11) is 1.88. The number of hydrogen-bond donors (Lipinski definition) is 1. The van der Waals surface area contributed by atoms with E-state index < -0.39 is 0 Å². The van der Waals surface area contributed by atoms with Crippen molar-refractivity contribution in [3.05, 3.63) is 30.6 Å². The van der Waals surface area contributed by atoms with Crippen LogP contribution in [0.5, 0.6) is 0 Å². The molecule has 0 amide bonds. The lowest BCUT2D eigenvalue weighted by Gasteiger charge is -2.29. The van der Waals surface area contributed by atoms with Crippen LogP contribution in [0.2, 0.25) is 0 Å². The molecule has 0 aliphatic carbocycles. The quantitative estimate of drug-likeness (QED) is 0.816. The molecule has 0 unspecified atom stereocenters. The first-order chi connectivity index (χ1) is 8.72. The first-order valence-corrected chi connectivity index (χ1v) is 6.14. The maximum absolute atomic E-state index is 5.35. The molecule has 1 saturated heterocycles. The number of morpholine rings is 1. The Labute approximate surface area is 108 Å². The van der Waals surface area contributed by atoms with E-state index in [0.29, 0.717) is 0 Å². The summed E-state index contributed by atoms with van der Waals surface area (Å²) in [4.78, 5) is 6.66. The monoisotopic (exact) mass is 248 g/mol. The van der Waals surface area contributed by atoms with Crippen LogP contribution in [0.4, 0.5) is 11.5 Å². The Balaban J connectivity index is 2.20. The summed E-state index contributed by atoms with van der Waals surface area (Å²) in [5.74, 6) is 0.984. The number of nitrogens with zero attached hydrogens (tertiary/aromatic N) is 3. The highest BCUT2D eigenvalue weighted by Gasteiger charge is 2.14. The SMILES string of the molecule is C=C(C)N(NC)c1ccnc(N2CCOCC2)c1. The third kappa shape index (κ3) is 2.80. The van der Waals surface area contributed by atoms with Crippen molar-refractivity contribution in [2.24, 2.45) is 0 Å². The largest absolute Gasteiger partial charge is 0.378 e. The zero-order chi connectivity index (χ0) is 13.0. The first kappa shape index (κ1) is 12.9. The molecule has 0 atom stereocenters. The highest BCUT2D eigenvalue weighted by Crippen LogP contribution is 2.21. The molecule has 98 valence electrons. The summed E-state index contributed by atoms with van der Waals surface area (Å²) in [6.07, 6.45) is 1.83. The molecule has 5 heteroatoms. The molecule has 0 aromatic carbocycles. The fourth-order valence-corrected chi connectivity index (χ4v) is 2.05. The number of anilines is 2. The number of rotatable bonds is 4. The number of aromatic nitrogens is 1. The molecule has 1 aromatic heterocycles. The Kier molecular flexibility index (Phi) is 4.17. The lowest BCUT2D eigenvalue weighted by molar-refractivity contribution is 0.122. The molecule has 1 aromatic rings. The molecule has 0 bridgehead atoms. The van der Waals surface area contributed by atoms with Crippen molar-refractivity contribution in [3.8, 4) is 0 Å². The summed E-state index contributed by atoms with van der Waals surface area (Å²) in [5, 5.41) is 1.94. The average molecular weight is 248 g/mol. The Morgan fingerprint density at radius 3 is 2.83 bits per heavy atom. The van der Waals surface area contributed by atoms with E-state index in [1.165, 1.54) is 0 Å². The minimum atomic E-state index is 0.766. The third-order valence-corrected chi connectivity index (χ3v) is 2.93. The second-order valence-corrected chi connectivity index (χ2v) is 4.27. The van der Waals surface area contributed by atoms with Crippen molar-refractivity contribution in [1.29, 1.82) is 0 Å². The number of nitrogens with one attached hydrogen (secondary N) is 1. The van der Waals surface area contributed by atoms with Gasteiger partial charge in [-0.2, -0.15) is 0 Å². The van der Waals surface area contributed by atoms with Gasteiger partial charge in [-0.3, -0.25) is 5.01 Å². The minimum absolute atomic E-state index is 0.766. The Morgan fingerprint density at radius 1 is 1.50 bits per heavy atom. The van der Waals surface area contributed by atoms with Crippen molar-refractivity contribution in [3.63, 3.8) is 0 Å². The van der Waals surface area contributed by atoms with E-state index in [9.17, 15) is 0 Å². The van der Waals surface area contributed by atoms with Gasteiger partial charge < -0.3 is 9.64 Å². The van der Waals surface area contributed by atoms with Crippen LogP contribution < -0.4 is 15.3 Å². The van der Waals surface area contributed by atoms with Crippen molar-refractivity contribution in [2.75, 3.05) is 43.3 Å². The van der Waals surface area contributed by atoms with Crippen LogP contribution >= 0.6 is 0 Å². The molecule has 1 aliphatic heterocycles. The maximum atomic E-state index is 5.35. The topological polar surface area (TPSA) is 40.6 Å². The van der Waals surface area contributed by atoms with Gasteiger partial charge in [0.2, 0.25) is 0 Å². The van der Waals surface area contributed by atoms with E-state index >= 15 is 0 Å². The second kappa shape index (κ2) is 5.84. The van der Waals surface area contributed by atoms with E-state index in [2.05, 4.69) is 28.0 Å². The first-order valence-electron chi connectivity index (χ1n) is 6.14. The van der Waals surface area contributed by atoms with Gasteiger partial charge in [-0.25, -0.2) is 10.4 Å². The predicted octanol–water partition coefficient (Wildman–Crippen LogP) is 1.39. The van der Waals surface area contributed by atoms with Gasteiger partial charge in [0.25, 0.3) is 0 Å². The van der Waals surface area contributed by atoms with Crippen LogP contribution in [0.15, 0.2) is 30.6 Å². The van der Waals surface area contributed by atoms with E-state index in [-0.39, 0.29) is 0 Å². The van der Waals surface area contributed by atoms with Gasteiger partial charge in [-0.15, -0.1) is 0 Å². The second-order valence-electron chi connectivity index (χ2n) is 4.27. The molecule has 0 spiro atoms. The summed E-state index contributed by atoms with van der Waals surface area (Å²) < 4.78 is 5.35. The van der Waals surface area contributed by atoms with E-state index in [1.54, 1.807) is 0 Å². The van der Waals surface area contributed by atoms with Crippen molar-refractivity contribution >= 4 is 11.5 Å². The van der Waals surface area contributed by atoms with Gasteiger partial charge in [0.05, 0.1) is 18.9 Å². The van der Waals surface area contributed by atoms with Crippen molar-refractivity contribution < 1.29 is 4.74 Å². The zero-order valence-electron chi connectivity index (χ0n) is 11.0. The fraction of sp³-hybridized carbons (Fsp3) is 0.462. The molecule has 0 radical (unpaired) electrons. The average Bonchev–Trinajstić information content (AvgIpc) is 2.40. The van der Waals surface area contributed by atoms with Crippen LogP contribution in [-0.4, -0.2) is 38.3 Å². The third-order valence-electron chi connectivity index (χ3n) is 2.93. The highest BCUT2D eigenvalue weighted by molar-refractivity contribution is 5.57. The molecule has 0 saturated carbocycles. The number of pyridine rings is 1. The molecule has 2 rings (SSSR count). The molecule has 2 heterocycles. The summed E-state index contributed by atoms with van der Waals surface area (Å²) in [5.41, 5.74) is 5.10. The molecular formula is C13H20N4O. The zero-order valence-corrected chi connectivity index (χ0v) is 11.0. The predicted molar refractivity (Wildman–Crippen MR) is 73.6 cm³/mol. The van der Waals surface area contributed by atoms with Gasteiger partial charge in [0, 0.05) is 38.1 Å². The molecule has 1 aliphatic rings. The van der Waals surface area contributed by atoms with Crippen molar-refractivity contribution in [1.82, 2.24) is 10.4 Å². The maximum Gasteiger partial charge on any atom is 0.130 e. The lowest BCUT2D eigenvalue weighted by Crippen LogP contribution is -2.37. The van der Waals surface area contributed by atoms with Gasteiger partial charge in [0.15, 0.2) is 0 Å². The van der Waals surface area contributed by atoms with Gasteiger partial charge in [0.1, 0.15) is 5.82 Å². The van der Waals surface area contributed by atoms with E-state index in [1.807, 2.05) is 31.2 Å². The molecule has 5 nitrogen and oxygen atoms in total. The Hall–Kier alpha value is -1.59. The Morgan fingerprint density at radius 2 is 2.22 bits per heavy atom. The van der Waals surface area contributed by atoms with Gasteiger partial charge in [-0.1, -0.05) is 6.58 Å². The Bertz CT molecular complexity index is 415. The smallest absolute Gasteiger partial charge is 0.130 e. The number of ether oxygens (including phenoxy) is 1. The molecule has 18 heavy (non-hydrogen) atoms. The highest BCUT2D eigenvalue weighted by atomic mass is 16.5. The summed E-state index contributed by atoms with van der Waals surface area (Å²) >= 11 is 0. The molecule has 1 fully saturated rings. The van der Waals surface area contributed by atoms with Crippen LogP contribution in [0.3, 0.4) is 0 Å². The number of hydrazine groups is 1. The van der Waals surface area contributed by atoms with Gasteiger partial charge >= 0.3 is 0 Å². The fourth-order valence-electron chi connectivity index (χ4n) is 2.05. The summed E-state index contributed by atoms with van der Waals surface area (Å²) in [6, 6.07) is 4.03. The molecule has 1 N–H and O–H groups in total. The molecular weight excluding hydrogens is 228 g/mol. The van der Waals surface area contributed by atoms with Crippen molar-refractivity contribution in [2.45, 2.75) is 6.92 Å². The number of hydrogen-bond acceptors (Lipinski definition) is 5. The van der Waals surface area contributed by atoms with E-state index in [4.69, 9.17) is 4.74 Å². The van der Waals surface area contributed by atoms with Crippen LogP contribution in [0.25, 0.3) is 0 Å². The van der Waals surface area contributed by atoms with E-state index in [0.717, 1.165) is 43.5 Å². The normalized spacial score (nSPS) is 15.6. The van der Waals surface area contributed by atoms with Crippen LogP contribution in [0.1, 0.15) is 6.92 Å². The lowest BCUT2D eigenvalue weighted by atomic mass is 10.3. The summed E-state index contributed by atoms with van der Waals surface area (Å²) in [6.45, 7) is 9.23.